The maximum atomic E-state index is 13.6. The van der Waals surface area contributed by atoms with E-state index in [2.05, 4.69) is 30.3 Å². The van der Waals surface area contributed by atoms with Gasteiger partial charge in [0, 0.05) is 29.3 Å². The summed E-state index contributed by atoms with van der Waals surface area (Å²) in [4.78, 5) is 25.9. The van der Waals surface area contributed by atoms with Crippen molar-refractivity contribution in [1.82, 2.24) is 0 Å². The van der Waals surface area contributed by atoms with Crippen molar-refractivity contribution in [3.05, 3.63) is 141 Å². The predicted octanol–water partition coefficient (Wildman–Crippen LogP) is 5.94. The Hall–Kier alpha value is -4.25. The molecule has 1 heterocycles. The fourth-order valence-corrected chi connectivity index (χ4v) is 4.43. The van der Waals surface area contributed by atoms with Gasteiger partial charge in [0.25, 0.3) is 11.6 Å². The van der Waals surface area contributed by atoms with Gasteiger partial charge in [0.05, 0.1) is 11.5 Å². The van der Waals surface area contributed by atoms with Crippen LogP contribution in [-0.2, 0) is 6.54 Å². The van der Waals surface area contributed by atoms with E-state index in [-0.39, 0.29) is 17.5 Å². The van der Waals surface area contributed by atoms with Gasteiger partial charge in [0.1, 0.15) is 0 Å². The molecule has 32 heavy (non-hydrogen) atoms. The Labute approximate surface area is 185 Å². The van der Waals surface area contributed by atoms with Crippen LogP contribution in [0.2, 0.25) is 0 Å². The number of nitro groups is 1. The largest absolute Gasteiger partial charge is 0.304 e. The lowest BCUT2D eigenvalue weighted by molar-refractivity contribution is -0.384. The molecule has 1 atom stereocenters. The van der Waals surface area contributed by atoms with E-state index in [1.54, 1.807) is 4.90 Å². The van der Waals surface area contributed by atoms with Gasteiger partial charge in [-0.05, 0) is 40.5 Å². The standard InChI is InChI=1S/C27H20N2O3/c30-27(20-14-16-22(17-15-20)29(31)32)28-18-21-10-4-5-11-23(21)26(19-8-2-1-3-9-19)24-12-6-7-13-25(24)28/h1-17,26H,18H2. The van der Waals surface area contributed by atoms with Gasteiger partial charge in [-0.1, -0.05) is 72.8 Å². The van der Waals surface area contributed by atoms with Crippen molar-refractivity contribution in [1.29, 1.82) is 0 Å². The molecule has 5 nitrogen and oxygen atoms in total. The molecular weight excluding hydrogens is 400 g/mol. The van der Waals surface area contributed by atoms with Crippen LogP contribution in [0.4, 0.5) is 11.4 Å². The number of fused-ring (bicyclic) bond motifs is 2. The zero-order chi connectivity index (χ0) is 22.1. The number of hydrogen-bond donors (Lipinski definition) is 0. The van der Waals surface area contributed by atoms with Crippen molar-refractivity contribution in [3.63, 3.8) is 0 Å². The number of nitrogens with zero attached hydrogens (tertiary/aromatic N) is 2. The minimum atomic E-state index is -0.462. The molecule has 0 N–H and O–H groups in total. The number of carbonyl (C=O) groups excluding carboxylic acids is 1. The maximum Gasteiger partial charge on any atom is 0.269 e. The summed E-state index contributed by atoms with van der Waals surface area (Å²) in [6.07, 6.45) is 0. The number of carbonyl (C=O) groups is 1. The lowest BCUT2D eigenvalue weighted by atomic mass is 9.83. The van der Waals surface area contributed by atoms with E-state index < -0.39 is 4.92 Å². The predicted molar refractivity (Wildman–Crippen MR) is 124 cm³/mol. The lowest BCUT2D eigenvalue weighted by Gasteiger charge is -2.24. The van der Waals surface area contributed by atoms with Gasteiger partial charge in [-0.25, -0.2) is 0 Å². The summed E-state index contributed by atoms with van der Waals surface area (Å²) in [7, 11) is 0. The Balaban J connectivity index is 1.66. The zero-order valence-corrected chi connectivity index (χ0v) is 17.2. The van der Waals surface area contributed by atoms with Crippen molar-refractivity contribution in [2.75, 3.05) is 4.90 Å². The summed E-state index contributed by atoms with van der Waals surface area (Å²) in [5, 5.41) is 11.0. The molecule has 0 saturated heterocycles. The Morgan fingerprint density at radius 1 is 0.781 bits per heavy atom. The molecule has 1 unspecified atom stereocenters. The first kappa shape index (κ1) is 19.7. The second-order valence-electron chi connectivity index (χ2n) is 7.80. The smallest absolute Gasteiger partial charge is 0.269 e. The highest BCUT2D eigenvalue weighted by molar-refractivity contribution is 6.07. The molecule has 0 fully saturated rings. The molecule has 1 amide bonds. The highest BCUT2D eigenvalue weighted by Crippen LogP contribution is 2.42. The number of hydrogen-bond acceptors (Lipinski definition) is 3. The molecule has 0 saturated carbocycles. The molecule has 0 aliphatic carbocycles. The van der Waals surface area contributed by atoms with Crippen molar-refractivity contribution in [3.8, 4) is 0 Å². The van der Waals surface area contributed by atoms with E-state index in [0.717, 1.165) is 22.4 Å². The minimum Gasteiger partial charge on any atom is -0.304 e. The van der Waals surface area contributed by atoms with Crippen LogP contribution in [0, 0.1) is 10.1 Å². The highest BCUT2D eigenvalue weighted by Gasteiger charge is 2.31. The summed E-state index contributed by atoms with van der Waals surface area (Å²) in [5.74, 6) is -0.186. The molecular formula is C27H20N2O3. The third-order valence-electron chi connectivity index (χ3n) is 5.94. The number of non-ortho nitro benzene ring substituents is 1. The van der Waals surface area contributed by atoms with Crippen LogP contribution in [0.1, 0.15) is 38.5 Å². The quantitative estimate of drug-likeness (QED) is 0.305. The molecule has 1 aliphatic rings. The molecule has 4 aromatic carbocycles. The van der Waals surface area contributed by atoms with Crippen LogP contribution in [0.3, 0.4) is 0 Å². The van der Waals surface area contributed by atoms with E-state index >= 15 is 0 Å². The summed E-state index contributed by atoms with van der Waals surface area (Å²) >= 11 is 0. The number of amides is 1. The van der Waals surface area contributed by atoms with E-state index in [1.165, 1.54) is 29.8 Å². The first-order chi connectivity index (χ1) is 15.6. The molecule has 5 heteroatoms. The molecule has 0 spiro atoms. The Morgan fingerprint density at radius 3 is 2.12 bits per heavy atom. The van der Waals surface area contributed by atoms with E-state index in [0.29, 0.717) is 12.1 Å². The summed E-state index contributed by atoms with van der Waals surface area (Å²) in [6.45, 7) is 0.423. The van der Waals surface area contributed by atoms with Crippen LogP contribution in [-0.4, -0.2) is 10.8 Å². The maximum absolute atomic E-state index is 13.6. The molecule has 0 bridgehead atoms. The topological polar surface area (TPSA) is 63.4 Å². The van der Waals surface area contributed by atoms with Gasteiger partial charge in [-0.3, -0.25) is 14.9 Å². The normalized spacial score (nSPS) is 14.8. The zero-order valence-electron chi connectivity index (χ0n) is 17.2. The molecule has 4 aromatic rings. The van der Waals surface area contributed by atoms with Crippen LogP contribution in [0.15, 0.2) is 103 Å². The van der Waals surface area contributed by atoms with Crippen molar-refractivity contribution < 1.29 is 9.72 Å². The Kier molecular flexibility index (Phi) is 5.00. The molecule has 0 radical (unpaired) electrons. The van der Waals surface area contributed by atoms with Crippen LogP contribution in [0.5, 0.6) is 0 Å². The van der Waals surface area contributed by atoms with Crippen LogP contribution < -0.4 is 4.90 Å². The van der Waals surface area contributed by atoms with Gasteiger partial charge in [-0.2, -0.15) is 0 Å². The molecule has 5 rings (SSSR count). The first-order valence-electron chi connectivity index (χ1n) is 10.4. The number of para-hydroxylation sites is 1. The summed E-state index contributed by atoms with van der Waals surface area (Å²) in [6, 6.07) is 32.3. The fraction of sp³-hybridized carbons (Fsp3) is 0.0741. The van der Waals surface area contributed by atoms with E-state index in [1.807, 2.05) is 48.5 Å². The van der Waals surface area contributed by atoms with E-state index in [4.69, 9.17) is 0 Å². The Morgan fingerprint density at radius 2 is 1.41 bits per heavy atom. The second-order valence-corrected chi connectivity index (χ2v) is 7.80. The lowest BCUT2D eigenvalue weighted by Crippen LogP contribution is -2.30. The third kappa shape index (κ3) is 3.44. The number of rotatable bonds is 3. The molecule has 1 aliphatic heterocycles. The molecule has 0 aromatic heterocycles. The van der Waals surface area contributed by atoms with Gasteiger partial charge >= 0.3 is 0 Å². The summed E-state index contributed by atoms with van der Waals surface area (Å²) in [5.41, 5.74) is 5.70. The third-order valence-corrected chi connectivity index (χ3v) is 5.94. The average molecular weight is 420 g/mol. The fourth-order valence-electron chi connectivity index (χ4n) is 4.43. The summed E-state index contributed by atoms with van der Waals surface area (Å²) < 4.78 is 0. The Bertz CT molecular complexity index is 1300. The van der Waals surface area contributed by atoms with Gasteiger partial charge in [-0.15, -0.1) is 0 Å². The van der Waals surface area contributed by atoms with Gasteiger partial charge in [0.2, 0.25) is 0 Å². The van der Waals surface area contributed by atoms with Gasteiger partial charge < -0.3 is 4.90 Å². The number of benzene rings is 4. The van der Waals surface area contributed by atoms with Crippen LogP contribution >= 0.6 is 0 Å². The number of anilines is 1. The van der Waals surface area contributed by atoms with Crippen molar-refractivity contribution >= 4 is 17.3 Å². The van der Waals surface area contributed by atoms with E-state index in [9.17, 15) is 14.9 Å². The monoisotopic (exact) mass is 420 g/mol. The highest BCUT2D eigenvalue weighted by atomic mass is 16.6. The number of nitro benzene ring substituents is 1. The SMILES string of the molecule is O=C(c1ccc([N+](=O)[O-])cc1)N1Cc2ccccc2C(c2ccccc2)c2ccccc21. The van der Waals surface area contributed by atoms with Crippen molar-refractivity contribution in [2.45, 2.75) is 12.5 Å². The minimum absolute atomic E-state index is 0.00161. The van der Waals surface area contributed by atoms with Gasteiger partial charge in [0.15, 0.2) is 0 Å². The van der Waals surface area contributed by atoms with Crippen molar-refractivity contribution in [2.24, 2.45) is 0 Å². The van der Waals surface area contributed by atoms with Crippen LogP contribution in [0.25, 0.3) is 0 Å². The average Bonchev–Trinajstić information content (AvgIpc) is 2.99. The first-order valence-corrected chi connectivity index (χ1v) is 10.4. The molecule has 156 valence electrons. The second kappa shape index (κ2) is 8.12.